The van der Waals surface area contributed by atoms with Crippen LogP contribution in [0, 0.1) is 12.7 Å². The van der Waals surface area contributed by atoms with Gasteiger partial charge in [-0.15, -0.1) is 0 Å². The average Bonchev–Trinajstić information content (AvgIpc) is 3.65. The van der Waals surface area contributed by atoms with Gasteiger partial charge < -0.3 is 19.7 Å². The molecular weight excluding hydrogens is 552 g/mol. The van der Waals surface area contributed by atoms with E-state index in [1.807, 2.05) is 6.07 Å². The monoisotopic (exact) mass is 577 g/mol. The van der Waals surface area contributed by atoms with E-state index in [4.69, 9.17) is 10.0 Å². The summed E-state index contributed by atoms with van der Waals surface area (Å²) in [5.41, 5.74) is 4.43. The van der Waals surface area contributed by atoms with Gasteiger partial charge in [-0.3, -0.25) is 14.2 Å². The van der Waals surface area contributed by atoms with Gasteiger partial charge in [0.15, 0.2) is 0 Å². The molecule has 0 spiro atoms. The molecule has 3 N–H and O–H groups in total. The molecule has 11 nitrogen and oxygen atoms in total. The van der Waals surface area contributed by atoms with Crippen molar-refractivity contribution < 1.29 is 32.8 Å². The smallest absolute Gasteiger partial charge is 0.480 e. The number of hydrogen-bond acceptors (Lipinski definition) is 7. The van der Waals surface area contributed by atoms with Crippen molar-refractivity contribution >= 4 is 44.9 Å². The van der Waals surface area contributed by atoms with E-state index in [2.05, 4.69) is 10.2 Å². The lowest BCUT2D eigenvalue weighted by molar-refractivity contribution is -0.137. The molecule has 2 aromatic carbocycles. The Morgan fingerprint density at radius 1 is 1.00 bits per heavy atom. The number of fused-ring (bicyclic) bond motifs is 2. The summed E-state index contributed by atoms with van der Waals surface area (Å²) < 4.78 is 44.9. The van der Waals surface area contributed by atoms with Crippen LogP contribution in [0.3, 0.4) is 0 Å². The van der Waals surface area contributed by atoms with Crippen molar-refractivity contribution in [2.24, 2.45) is 14.1 Å². The molecule has 0 unspecified atom stereocenters. The second-order valence-corrected chi connectivity index (χ2v) is 11.4. The number of carboxylic acids is 1. The molecule has 6 rings (SSSR count). The molecular formula is C27H25BFN5O6S. The normalized spacial score (nSPS) is 13.5. The second kappa shape index (κ2) is 10.5. The number of aryl methyl sites for hydroxylation is 2. The fourth-order valence-electron chi connectivity index (χ4n) is 4.91. The Bertz CT molecular complexity index is 1960. The number of carbonyl (C=O) groups is 1. The quantitative estimate of drug-likeness (QED) is 0.268. The zero-order valence-electron chi connectivity index (χ0n) is 22.2. The van der Waals surface area contributed by atoms with Gasteiger partial charge in [-0.25, -0.2) is 12.8 Å². The zero-order chi connectivity index (χ0) is 29.6. The molecule has 4 heterocycles. The van der Waals surface area contributed by atoms with Crippen LogP contribution in [-0.4, -0.2) is 60.8 Å². The minimum absolute atomic E-state index is 0.156. The molecule has 0 saturated heterocycles. The first-order valence-electron chi connectivity index (χ1n) is 12.3. The van der Waals surface area contributed by atoms with E-state index in [0.717, 1.165) is 5.56 Å². The van der Waals surface area contributed by atoms with Crippen LogP contribution in [0.1, 0.15) is 16.8 Å². The van der Waals surface area contributed by atoms with Crippen molar-refractivity contribution in [3.05, 3.63) is 89.2 Å². The van der Waals surface area contributed by atoms with Gasteiger partial charge in [0.2, 0.25) is 9.84 Å². The van der Waals surface area contributed by atoms with Gasteiger partial charge in [-0.05, 0) is 36.8 Å². The maximum absolute atomic E-state index is 14.1. The van der Waals surface area contributed by atoms with Crippen LogP contribution in [0.2, 0.25) is 0 Å². The lowest BCUT2D eigenvalue weighted by atomic mass is 9.83. The molecule has 0 atom stereocenters. The first kappa shape index (κ1) is 28.0. The third kappa shape index (κ3) is 5.32. The van der Waals surface area contributed by atoms with Crippen molar-refractivity contribution in [2.45, 2.75) is 18.4 Å². The SMILES string of the molecule is Cc1c(C2=CS(=O)(=O)c3cc(-c4cnn(C)c4)ccc32)c2cc(F)ccc2n1CC(=O)O.Cn1cc(B(O)O)cn1. The predicted octanol–water partition coefficient (Wildman–Crippen LogP) is 1.85. The Labute approximate surface area is 234 Å². The zero-order valence-corrected chi connectivity index (χ0v) is 23.0. The molecule has 0 radical (unpaired) electrons. The minimum atomic E-state index is -3.74. The maximum Gasteiger partial charge on any atom is 0.491 e. The van der Waals surface area contributed by atoms with E-state index >= 15 is 0 Å². The highest BCUT2D eigenvalue weighted by Gasteiger charge is 2.31. The third-order valence-corrected chi connectivity index (χ3v) is 8.26. The molecule has 0 aliphatic carbocycles. The largest absolute Gasteiger partial charge is 0.491 e. The van der Waals surface area contributed by atoms with Gasteiger partial charge in [0.25, 0.3) is 0 Å². The summed E-state index contributed by atoms with van der Waals surface area (Å²) in [6.07, 6.45) is 6.41. The number of sulfone groups is 1. The highest BCUT2D eigenvalue weighted by molar-refractivity contribution is 7.95. The summed E-state index contributed by atoms with van der Waals surface area (Å²) in [6, 6.07) is 9.24. The van der Waals surface area contributed by atoms with Crippen LogP contribution in [0.25, 0.3) is 27.6 Å². The van der Waals surface area contributed by atoms with Crippen LogP contribution in [-0.2, 0) is 35.3 Å². The Morgan fingerprint density at radius 2 is 1.71 bits per heavy atom. The van der Waals surface area contributed by atoms with Crippen molar-refractivity contribution in [3.8, 4) is 11.1 Å². The third-order valence-electron chi connectivity index (χ3n) is 6.76. The van der Waals surface area contributed by atoms with Crippen LogP contribution >= 0.6 is 0 Å². The van der Waals surface area contributed by atoms with Gasteiger partial charge in [-0.1, -0.05) is 12.1 Å². The standard InChI is InChI=1S/C23H18FN3O4S.C4H7BN2O2/c1-13-23(18-8-16(24)4-6-20(18)27(13)11-22(28)29)19-12-32(30,31)21-7-14(3-5-17(19)21)15-9-25-26(2)10-15;1-7-3-4(2-6-7)5(8)9/h3-10,12H,11H2,1-2H3,(H,28,29);2-3,8-9H,1H3. The van der Waals surface area contributed by atoms with Gasteiger partial charge in [0.1, 0.15) is 12.4 Å². The molecule has 1 aliphatic heterocycles. The minimum Gasteiger partial charge on any atom is -0.480 e. The number of aromatic nitrogens is 5. The number of carboxylic acid groups (broad SMARTS) is 1. The predicted molar refractivity (Wildman–Crippen MR) is 150 cm³/mol. The summed E-state index contributed by atoms with van der Waals surface area (Å²) in [5.74, 6) is -1.53. The van der Waals surface area contributed by atoms with Crippen molar-refractivity contribution in [1.29, 1.82) is 0 Å². The van der Waals surface area contributed by atoms with E-state index in [1.165, 1.54) is 34.5 Å². The molecule has 5 aromatic rings. The number of rotatable bonds is 5. The number of benzene rings is 2. The average molecular weight is 577 g/mol. The topological polar surface area (TPSA) is 152 Å². The van der Waals surface area contributed by atoms with E-state index < -0.39 is 28.7 Å². The van der Waals surface area contributed by atoms with E-state index in [0.29, 0.717) is 44.3 Å². The van der Waals surface area contributed by atoms with Gasteiger partial charge >= 0.3 is 13.1 Å². The first-order chi connectivity index (χ1) is 19.4. The number of hydrogen-bond donors (Lipinski definition) is 3. The molecule has 210 valence electrons. The van der Waals surface area contributed by atoms with Gasteiger partial charge in [-0.2, -0.15) is 10.2 Å². The van der Waals surface area contributed by atoms with E-state index in [1.54, 1.807) is 61.0 Å². The summed E-state index contributed by atoms with van der Waals surface area (Å²) in [7, 11) is -1.65. The summed E-state index contributed by atoms with van der Waals surface area (Å²) >= 11 is 0. The number of aliphatic carboxylic acids is 1. The van der Waals surface area contributed by atoms with E-state index in [-0.39, 0.29) is 11.4 Å². The molecule has 0 bridgehead atoms. The van der Waals surface area contributed by atoms with Crippen molar-refractivity contribution in [3.63, 3.8) is 0 Å². The van der Waals surface area contributed by atoms with E-state index in [9.17, 15) is 22.7 Å². The summed E-state index contributed by atoms with van der Waals surface area (Å²) in [6.45, 7) is 1.40. The molecule has 0 fully saturated rings. The molecule has 0 amide bonds. The lowest BCUT2D eigenvalue weighted by Gasteiger charge is -2.08. The molecule has 1 aliphatic rings. The lowest BCUT2D eigenvalue weighted by Crippen LogP contribution is -2.28. The van der Waals surface area contributed by atoms with Crippen LogP contribution in [0.4, 0.5) is 4.39 Å². The highest BCUT2D eigenvalue weighted by Crippen LogP contribution is 2.43. The maximum atomic E-state index is 14.1. The fraction of sp³-hybridized carbons (Fsp3) is 0.148. The van der Waals surface area contributed by atoms with Crippen molar-refractivity contribution in [1.82, 2.24) is 24.1 Å². The van der Waals surface area contributed by atoms with Crippen molar-refractivity contribution in [2.75, 3.05) is 0 Å². The summed E-state index contributed by atoms with van der Waals surface area (Å²) in [5, 5.41) is 35.9. The Balaban J connectivity index is 0.000000321. The summed E-state index contributed by atoms with van der Waals surface area (Å²) in [4.78, 5) is 11.6. The Kier molecular flexibility index (Phi) is 7.15. The fourth-order valence-corrected chi connectivity index (χ4v) is 6.37. The molecule has 0 saturated carbocycles. The van der Waals surface area contributed by atoms with Crippen LogP contribution in [0.15, 0.2) is 71.5 Å². The van der Waals surface area contributed by atoms with Gasteiger partial charge in [0, 0.05) is 82.4 Å². The highest BCUT2D eigenvalue weighted by atomic mass is 32.2. The van der Waals surface area contributed by atoms with Crippen LogP contribution < -0.4 is 5.46 Å². The Morgan fingerprint density at radius 3 is 2.29 bits per heavy atom. The van der Waals surface area contributed by atoms with Crippen LogP contribution in [0.5, 0.6) is 0 Å². The van der Waals surface area contributed by atoms with Gasteiger partial charge in [0.05, 0.1) is 11.1 Å². The number of nitrogens with zero attached hydrogens (tertiary/aromatic N) is 5. The molecule has 14 heteroatoms. The Hall–Kier alpha value is -4.53. The first-order valence-corrected chi connectivity index (χ1v) is 13.9. The number of halogens is 1. The second-order valence-electron chi connectivity index (χ2n) is 9.61. The molecule has 41 heavy (non-hydrogen) atoms. The molecule has 3 aromatic heterocycles.